The van der Waals surface area contributed by atoms with E-state index in [1.54, 1.807) is 49.4 Å². The molecule has 0 radical (unpaired) electrons. The molecule has 3 rings (SSSR count). The Morgan fingerprint density at radius 2 is 1.94 bits per heavy atom. The average molecular weight is 503 g/mol. The summed E-state index contributed by atoms with van der Waals surface area (Å²) < 4.78 is 34.7. The number of rotatable bonds is 8. The third-order valence-corrected chi connectivity index (χ3v) is 8.21. The number of aliphatic hydroxyl groups excluding tert-OH is 1. The maximum absolute atomic E-state index is 13.5. The van der Waals surface area contributed by atoms with Gasteiger partial charge in [-0.2, -0.15) is 4.31 Å². The summed E-state index contributed by atoms with van der Waals surface area (Å²) in [7, 11) is -1.92. The lowest BCUT2D eigenvalue weighted by Gasteiger charge is -2.37. The predicted molar refractivity (Wildman–Crippen MR) is 135 cm³/mol. The van der Waals surface area contributed by atoms with E-state index in [1.165, 1.54) is 4.31 Å². The molecule has 2 aromatic carbocycles. The number of hydrogen-bond donors (Lipinski definition) is 2. The van der Waals surface area contributed by atoms with E-state index in [4.69, 9.17) is 9.84 Å². The summed E-state index contributed by atoms with van der Waals surface area (Å²) in [6.07, 6.45) is 3.44. The van der Waals surface area contributed by atoms with Crippen LogP contribution in [0.15, 0.2) is 53.4 Å². The largest absolute Gasteiger partial charge is 0.487 e. The Bertz CT molecular complexity index is 1160. The summed E-state index contributed by atoms with van der Waals surface area (Å²) in [6.45, 7) is 6.57. The van der Waals surface area contributed by atoms with Crippen molar-refractivity contribution in [2.24, 2.45) is 5.92 Å². The number of nitrogens with zero attached hydrogens (tertiary/aromatic N) is 2. The molecule has 0 unspecified atom stereocenters. The van der Waals surface area contributed by atoms with E-state index >= 15 is 0 Å². The Hall–Kier alpha value is -2.72. The molecular weight excluding hydrogens is 468 g/mol. The number of fused-ring (bicyclic) bond motifs is 1. The maximum atomic E-state index is 13.5. The Kier molecular flexibility index (Phi) is 8.71. The van der Waals surface area contributed by atoms with Crippen LogP contribution < -0.4 is 4.74 Å². The van der Waals surface area contributed by atoms with Gasteiger partial charge in [0.2, 0.25) is 10.0 Å². The number of carboxylic acids is 1. The Morgan fingerprint density at radius 1 is 1.26 bits per heavy atom. The highest BCUT2D eigenvalue weighted by molar-refractivity contribution is 7.89. The number of sulfonamides is 1. The van der Waals surface area contributed by atoms with Crippen molar-refractivity contribution in [2.75, 3.05) is 26.7 Å². The van der Waals surface area contributed by atoms with Crippen LogP contribution in [0.25, 0.3) is 6.08 Å². The number of hydrogen-bond acceptors (Lipinski definition) is 6. The summed E-state index contributed by atoms with van der Waals surface area (Å²) in [5, 5.41) is 18.9. The minimum Gasteiger partial charge on any atom is -0.487 e. The lowest BCUT2D eigenvalue weighted by molar-refractivity contribution is 0.0697. The summed E-state index contributed by atoms with van der Waals surface area (Å²) in [6, 6.07) is 11.2. The van der Waals surface area contributed by atoms with Crippen LogP contribution in [0.1, 0.15) is 42.3 Å². The van der Waals surface area contributed by atoms with Crippen molar-refractivity contribution in [3.63, 3.8) is 0 Å². The second-order valence-corrected chi connectivity index (χ2v) is 11.0. The topological polar surface area (TPSA) is 107 Å². The minimum absolute atomic E-state index is 0.0925. The van der Waals surface area contributed by atoms with Crippen molar-refractivity contribution in [1.29, 1.82) is 0 Å². The van der Waals surface area contributed by atoms with Crippen LogP contribution in [0, 0.1) is 5.92 Å². The fraction of sp³-hybridized carbons (Fsp3) is 0.423. The third-order valence-electron chi connectivity index (χ3n) is 6.20. The van der Waals surface area contributed by atoms with Gasteiger partial charge in [0.1, 0.15) is 16.7 Å². The quantitative estimate of drug-likeness (QED) is 0.570. The number of aliphatic hydroxyl groups is 1. The first-order chi connectivity index (χ1) is 16.6. The number of carboxylic acid groups (broad SMARTS) is 1. The van der Waals surface area contributed by atoms with Gasteiger partial charge in [0, 0.05) is 31.6 Å². The molecule has 0 spiro atoms. The van der Waals surface area contributed by atoms with Crippen LogP contribution >= 0.6 is 0 Å². The van der Waals surface area contributed by atoms with Gasteiger partial charge < -0.3 is 14.9 Å². The van der Waals surface area contributed by atoms with Crippen molar-refractivity contribution in [3.05, 3.63) is 65.2 Å². The predicted octanol–water partition coefficient (Wildman–Crippen LogP) is 3.32. The number of benzene rings is 2. The zero-order chi connectivity index (χ0) is 25.8. The Labute approximate surface area is 207 Å². The molecule has 35 heavy (non-hydrogen) atoms. The summed E-state index contributed by atoms with van der Waals surface area (Å²) >= 11 is 0. The molecule has 9 heteroatoms. The number of ether oxygens (including phenoxy) is 1. The lowest BCUT2D eigenvalue weighted by atomic mass is 10.0. The van der Waals surface area contributed by atoms with Crippen molar-refractivity contribution >= 4 is 22.1 Å². The van der Waals surface area contributed by atoms with Crippen molar-refractivity contribution in [1.82, 2.24) is 9.21 Å². The van der Waals surface area contributed by atoms with Crippen LogP contribution in [0.3, 0.4) is 0 Å². The molecule has 0 bridgehead atoms. The highest BCUT2D eigenvalue weighted by atomic mass is 32.2. The molecule has 0 aliphatic carbocycles. The van der Waals surface area contributed by atoms with E-state index in [0.29, 0.717) is 18.8 Å². The molecule has 190 valence electrons. The van der Waals surface area contributed by atoms with Gasteiger partial charge in [0.25, 0.3) is 0 Å². The van der Waals surface area contributed by atoms with Gasteiger partial charge in [0.05, 0.1) is 12.2 Å². The molecule has 0 saturated carbocycles. The van der Waals surface area contributed by atoms with E-state index in [0.717, 1.165) is 11.1 Å². The molecule has 8 nitrogen and oxygen atoms in total. The number of carbonyl (C=O) groups is 1. The van der Waals surface area contributed by atoms with E-state index in [-0.39, 0.29) is 35.6 Å². The van der Waals surface area contributed by atoms with E-state index in [1.807, 2.05) is 33.0 Å². The Balaban J connectivity index is 1.91. The minimum atomic E-state index is -3.87. The molecule has 2 N–H and O–H groups in total. The van der Waals surface area contributed by atoms with Crippen molar-refractivity contribution in [2.45, 2.75) is 44.4 Å². The molecule has 1 heterocycles. The summed E-state index contributed by atoms with van der Waals surface area (Å²) in [5.41, 5.74) is 2.04. The van der Waals surface area contributed by atoms with Crippen molar-refractivity contribution in [3.8, 4) is 5.75 Å². The molecule has 0 amide bonds. The number of likely N-dealkylation sites (N-methyl/N-ethyl adjacent to an activating group) is 1. The van der Waals surface area contributed by atoms with Gasteiger partial charge >= 0.3 is 5.97 Å². The zero-order valence-electron chi connectivity index (χ0n) is 20.6. The fourth-order valence-electron chi connectivity index (χ4n) is 4.19. The standard InChI is InChI=1S/C26H34N2O6S/c1-5-6-20-9-12-25-23(13-20)34-24(18(2)14-28(19(3)17-29)35(25,32)33)16-27(4)15-21-7-10-22(11-8-21)26(30)31/h5-13,18-19,24,29H,14-17H2,1-4H3,(H,30,31)/t18-,19-,24+/m1/s1. The van der Waals surface area contributed by atoms with Crippen LogP contribution in [0.4, 0.5) is 0 Å². The molecule has 0 aromatic heterocycles. The second kappa shape index (κ2) is 11.3. The summed E-state index contributed by atoms with van der Waals surface area (Å²) in [4.78, 5) is 13.3. The van der Waals surface area contributed by atoms with Gasteiger partial charge in [-0.1, -0.05) is 37.3 Å². The SMILES string of the molecule is CC=Cc1ccc2c(c1)O[C@@H](CN(C)Cc1ccc(C(=O)O)cc1)[C@H](C)CN([C@H](C)CO)S2(=O)=O. The lowest BCUT2D eigenvalue weighted by Crippen LogP contribution is -2.49. The molecule has 1 aliphatic rings. The highest BCUT2D eigenvalue weighted by Crippen LogP contribution is 2.34. The maximum Gasteiger partial charge on any atom is 0.335 e. The van der Waals surface area contributed by atoms with Crippen LogP contribution in [0.2, 0.25) is 0 Å². The smallest absolute Gasteiger partial charge is 0.335 e. The molecule has 0 fully saturated rings. The van der Waals surface area contributed by atoms with Gasteiger partial charge in [-0.25, -0.2) is 13.2 Å². The van der Waals surface area contributed by atoms with E-state index in [2.05, 4.69) is 4.90 Å². The average Bonchev–Trinajstić information content (AvgIpc) is 2.81. The van der Waals surface area contributed by atoms with Gasteiger partial charge in [-0.05, 0) is 56.3 Å². The molecule has 2 aromatic rings. The first kappa shape index (κ1) is 26.9. The normalized spacial score (nSPS) is 21.2. The highest BCUT2D eigenvalue weighted by Gasteiger charge is 2.38. The van der Waals surface area contributed by atoms with E-state index in [9.17, 15) is 18.3 Å². The monoisotopic (exact) mass is 502 g/mol. The third kappa shape index (κ3) is 6.29. The van der Waals surface area contributed by atoms with Crippen molar-refractivity contribution < 1.29 is 28.2 Å². The van der Waals surface area contributed by atoms with Gasteiger partial charge in [-0.3, -0.25) is 4.90 Å². The number of allylic oxidation sites excluding steroid dienone is 1. The zero-order valence-corrected chi connectivity index (χ0v) is 21.4. The first-order valence-electron chi connectivity index (χ1n) is 11.6. The first-order valence-corrected chi connectivity index (χ1v) is 13.1. The van der Waals surface area contributed by atoms with Crippen LogP contribution in [-0.2, 0) is 16.6 Å². The van der Waals surface area contributed by atoms with E-state index < -0.39 is 22.0 Å². The van der Waals surface area contributed by atoms with Crippen LogP contribution in [0.5, 0.6) is 5.75 Å². The van der Waals surface area contributed by atoms with Gasteiger partial charge in [-0.15, -0.1) is 0 Å². The molecular formula is C26H34N2O6S. The second-order valence-electron chi connectivity index (χ2n) is 9.14. The molecule has 3 atom stereocenters. The fourth-order valence-corrected chi connectivity index (χ4v) is 6.02. The molecule has 1 aliphatic heterocycles. The molecule has 0 saturated heterocycles. The number of aromatic carboxylic acids is 1. The van der Waals surface area contributed by atoms with Crippen LogP contribution in [-0.4, -0.2) is 72.7 Å². The Morgan fingerprint density at radius 3 is 2.54 bits per heavy atom. The summed E-state index contributed by atoms with van der Waals surface area (Å²) in [5.74, 6) is -0.824. The van der Waals surface area contributed by atoms with Gasteiger partial charge in [0.15, 0.2) is 0 Å².